The predicted molar refractivity (Wildman–Crippen MR) is 97.3 cm³/mol. The van der Waals surface area contributed by atoms with Crippen LogP contribution in [0.3, 0.4) is 0 Å². The molecule has 3 aliphatic rings. The molecule has 1 aliphatic heterocycles. The van der Waals surface area contributed by atoms with Gasteiger partial charge in [0.15, 0.2) is 6.23 Å². The molecule has 0 radical (unpaired) electrons. The molecule has 0 aromatic heterocycles. The molecule has 4 rings (SSSR count). The van der Waals surface area contributed by atoms with Crippen LogP contribution in [0.4, 0.5) is 24.5 Å². The molecule has 1 aromatic carbocycles. The fourth-order valence-electron chi connectivity index (χ4n) is 4.63. The average molecular weight is 382 g/mol. The van der Waals surface area contributed by atoms with Gasteiger partial charge in [0, 0.05) is 6.07 Å². The van der Waals surface area contributed by atoms with Crippen LogP contribution < -0.4 is 10.1 Å². The number of aliphatic hydroxyl groups is 1. The summed E-state index contributed by atoms with van der Waals surface area (Å²) in [5.74, 6) is 2.66. The fraction of sp³-hybridized carbons (Fsp3) is 0.650. The fourth-order valence-corrected chi connectivity index (χ4v) is 4.63. The van der Waals surface area contributed by atoms with Gasteiger partial charge in [0.2, 0.25) is 0 Å². The number of aliphatic hydroxyl groups excluding tert-OH is 1. The molecule has 2 aliphatic carbocycles. The van der Waals surface area contributed by atoms with Gasteiger partial charge in [0.25, 0.3) is 0 Å². The number of benzene rings is 1. The molecule has 0 saturated heterocycles. The van der Waals surface area contributed by atoms with Crippen molar-refractivity contribution in [2.24, 2.45) is 22.7 Å². The Hall–Kier alpha value is -1.76. The Bertz CT molecular complexity index is 720. The minimum Gasteiger partial charge on any atom is -0.406 e. The first-order valence-corrected chi connectivity index (χ1v) is 9.81. The van der Waals surface area contributed by atoms with Crippen LogP contribution in [-0.4, -0.2) is 23.4 Å². The number of fused-ring (bicyclic) bond motifs is 2. The summed E-state index contributed by atoms with van der Waals surface area (Å²) in [5, 5.41) is 13.0. The molecule has 27 heavy (non-hydrogen) atoms. The summed E-state index contributed by atoms with van der Waals surface area (Å²) in [6, 6.07) is 3.92. The van der Waals surface area contributed by atoms with E-state index in [1.54, 1.807) is 0 Å². The lowest BCUT2D eigenvalue weighted by Crippen LogP contribution is -2.31. The van der Waals surface area contributed by atoms with Crippen molar-refractivity contribution in [1.29, 1.82) is 0 Å². The Balaban J connectivity index is 1.27. The molecule has 2 fully saturated rings. The highest BCUT2D eigenvalue weighted by atomic mass is 19.4. The lowest BCUT2D eigenvalue weighted by molar-refractivity contribution is -0.274. The van der Waals surface area contributed by atoms with Crippen LogP contribution in [0, 0.1) is 17.8 Å². The Morgan fingerprint density at radius 1 is 1.19 bits per heavy atom. The number of nitrogens with zero attached hydrogens (tertiary/aromatic N) is 1. The van der Waals surface area contributed by atoms with Gasteiger partial charge in [-0.2, -0.15) is 0 Å². The van der Waals surface area contributed by atoms with Gasteiger partial charge in [0.1, 0.15) is 5.75 Å². The van der Waals surface area contributed by atoms with E-state index in [4.69, 9.17) is 0 Å². The second-order valence-electron chi connectivity index (χ2n) is 7.97. The topological polar surface area (TPSA) is 53.8 Å². The van der Waals surface area contributed by atoms with Crippen LogP contribution in [0.25, 0.3) is 0 Å². The summed E-state index contributed by atoms with van der Waals surface area (Å²) < 4.78 is 40.9. The second-order valence-corrected chi connectivity index (χ2v) is 7.97. The number of unbranched alkanes of at least 4 members (excludes halogenated alkanes) is 2. The molecular formula is C20H25F3N2O2. The first-order chi connectivity index (χ1) is 12.9. The molecule has 3 unspecified atom stereocenters. The largest absolute Gasteiger partial charge is 0.573 e. The van der Waals surface area contributed by atoms with Crippen molar-refractivity contribution in [1.82, 2.24) is 0 Å². The molecule has 2 saturated carbocycles. The SMILES string of the molecule is OC1Nc2cc(OC(F)(F)F)ccc2N=C1CCCCC[C@H]1CCC2CC21. The van der Waals surface area contributed by atoms with Crippen molar-refractivity contribution in [2.75, 3.05) is 5.32 Å². The molecule has 148 valence electrons. The number of hydrogen-bond donors (Lipinski definition) is 2. The van der Waals surface area contributed by atoms with E-state index in [0.29, 0.717) is 23.5 Å². The molecule has 4 nitrogen and oxygen atoms in total. The molecular weight excluding hydrogens is 357 g/mol. The zero-order valence-corrected chi connectivity index (χ0v) is 15.1. The van der Waals surface area contributed by atoms with E-state index in [0.717, 1.165) is 30.6 Å². The standard InChI is InChI=1S/C20H25F3N2O2/c21-20(22,23)27-14-8-9-16-18(11-14)25-19(26)17(24-16)5-3-1-2-4-12-6-7-13-10-15(12)13/h8-9,11-13,15,19,25-26H,1-7,10H2/t12-,13?,15?,19?/m0/s1. The Morgan fingerprint density at radius 3 is 2.74 bits per heavy atom. The number of alkyl halides is 3. The van der Waals surface area contributed by atoms with Gasteiger partial charge in [-0.25, -0.2) is 0 Å². The quantitative estimate of drug-likeness (QED) is 0.621. The minimum atomic E-state index is -4.74. The summed E-state index contributed by atoms with van der Waals surface area (Å²) in [4.78, 5) is 4.43. The van der Waals surface area contributed by atoms with E-state index in [9.17, 15) is 18.3 Å². The molecule has 1 heterocycles. The maximum absolute atomic E-state index is 12.3. The van der Waals surface area contributed by atoms with Crippen molar-refractivity contribution in [3.8, 4) is 5.75 Å². The number of aliphatic imine (C=N–C) groups is 1. The Kier molecular flexibility index (Phi) is 5.05. The molecule has 4 atom stereocenters. The van der Waals surface area contributed by atoms with E-state index in [-0.39, 0.29) is 5.75 Å². The summed E-state index contributed by atoms with van der Waals surface area (Å²) in [5.41, 5.74) is 1.50. The molecule has 0 bridgehead atoms. The van der Waals surface area contributed by atoms with E-state index in [1.165, 1.54) is 50.3 Å². The van der Waals surface area contributed by atoms with Crippen molar-refractivity contribution >= 4 is 17.1 Å². The van der Waals surface area contributed by atoms with E-state index in [1.807, 2.05) is 0 Å². The second kappa shape index (κ2) is 7.34. The molecule has 1 aromatic rings. The van der Waals surface area contributed by atoms with Gasteiger partial charge in [-0.3, -0.25) is 4.99 Å². The predicted octanol–water partition coefficient (Wildman–Crippen LogP) is 5.40. The smallest absolute Gasteiger partial charge is 0.406 e. The van der Waals surface area contributed by atoms with Crippen LogP contribution in [-0.2, 0) is 0 Å². The third kappa shape index (κ3) is 4.57. The van der Waals surface area contributed by atoms with Crippen LogP contribution in [0.15, 0.2) is 23.2 Å². The average Bonchev–Trinajstić information content (AvgIpc) is 3.27. The van der Waals surface area contributed by atoms with Gasteiger partial charge in [-0.1, -0.05) is 19.3 Å². The first-order valence-electron chi connectivity index (χ1n) is 9.81. The number of nitrogens with one attached hydrogen (secondary N) is 1. The number of hydrogen-bond acceptors (Lipinski definition) is 4. The molecule has 7 heteroatoms. The third-order valence-corrected chi connectivity index (χ3v) is 6.07. The normalized spacial score (nSPS) is 28.8. The van der Waals surface area contributed by atoms with Crippen molar-refractivity contribution < 1.29 is 23.0 Å². The number of anilines is 1. The lowest BCUT2D eigenvalue weighted by atomic mass is 9.95. The van der Waals surface area contributed by atoms with Gasteiger partial charge in [-0.05, 0) is 62.0 Å². The van der Waals surface area contributed by atoms with Gasteiger partial charge in [0.05, 0.1) is 17.1 Å². The highest BCUT2D eigenvalue weighted by molar-refractivity contribution is 5.97. The van der Waals surface area contributed by atoms with E-state index >= 15 is 0 Å². The highest BCUT2D eigenvalue weighted by Gasteiger charge is 2.47. The molecule has 0 amide bonds. The van der Waals surface area contributed by atoms with Crippen molar-refractivity contribution in [3.05, 3.63) is 18.2 Å². The maximum atomic E-state index is 12.3. The Morgan fingerprint density at radius 2 is 2.04 bits per heavy atom. The van der Waals surface area contributed by atoms with Crippen molar-refractivity contribution in [3.63, 3.8) is 0 Å². The summed E-state index contributed by atoms with van der Waals surface area (Å²) in [6.07, 6.45) is 3.88. The maximum Gasteiger partial charge on any atom is 0.573 e. The minimum absolute atomic E-state index is 0.329. The zero-order chi connectivity index (χ0) is 19.0. The molecule has 2 N–H and O–H groups in total. The lowest BCUT2D eigenvalue weighted by Gasteiger charge is -2.24. The van der Waals surface area contributed by atoms with Crippen molar-refractivity contribution in [2.45, 2.75) is 64.0 Å². The van der Waals surface area contributed by atoms with Crippen LogP contribution >= 0.6 is 0 Å². The summed E-state index contributed by atoms with van der Waals surface area (Å²) >= 11 is 0. The summed E-state index contributed by atoms with van der Waals surface area (Å²) in [6.45, 7) is 0. The van der Waals surface area contributed by atoms with Crippen LogP contribution in [0.5, 0.6) is 5.75 Å². The van der Waals surface area contributed by atoms with Gasteiger partial charge < -0.3 is 15.2 Å². The first kappa shape index (κ1) is 18.6. The van der Waals surface area contributed by atoms with E-state index in [2.05, 4.69) is 15.0 Å². The number of ether oxygens (including phenoxy) is 1. The number of halogens is 3. The number of rotatable bonds is 7. The zero-order valence-electron chi connectivity index (χ0n) is 15.1. The molecule has 0 spiro atoms. The van der Waals surface area contributed by atoms with Gasteiger partial charge >= 0.3 is 6.36 Å². The van der Waals surface area contributed by atoms with Crippen LogP contribution in [0.1, 0.15) is 51.4 Å². The van der Waals surface area contributed by atoms with Crippen LogP contribution in [0.2, 0.25) is 0 Å². The Labute approximate surface area is 156 Å². The monoisotopic (exact) mass is 382 g/mol. The van der Waals surface area contributed by atoms with E-state index < -0.39 is 12.6 Å². The highest BCUT2D eigenvalue weighted by Crippen LogP contribution is 2.56. The van der Waals surface area contributed by atoms with Gasteiger partial charge in [-0.15, -0.1) is 13.2 Å². The summed E-state index contributed by atoms with van der Waals surface area (Å²) in [7, 11) is 0. The third-order valence-electron chi connectivity index (χ3n) is 6.07.